The van der Waals surface area contributed by atoms with Crippen LogP contribution in [-0.4, -0.2) is 33.2 Å². The van der Waals surface area contributed by atoms with Gasteiger partial charge in [0.25, 0.3) is 5.91 Å². The molecule has 3 aromatic carbocycles. The molecule has 1 fully saturated rings. The lowest BCUT2D eigenvalue weighted by molar-refractivity contribution is -0.124. The Morgan fingerprint density at radius 1 is 1.03 bits per heavy atom. The smallest absolute Gasteiger partial charge is 0.322 e. The molecule has 1 atom stereocenters. The minimum atomic E-state index is -1.42. The van der Waals surface area contributed by atoms with Gasteiger partial charge in [-0.2, -0.15) is 0 Å². The highest BCUT2D eigenvalue weighted by atomic mass is 16.5. The van der Waals surface area contributed by atoms with Crippen LogP contribution in [0.5, 0.6) is 11.6 Å². The average molecular weight is 517 g/mol. The van der Waals surface area contributed by atoms with E-state index in [4.69, 9.17) is 4.74 Å². The number of benzene rings is 3. The molecular weight excluding hydrogens is 492 g/mol. The zero-order valence-electron chi connectivity index (χ0n) is 21.1. The van der Waals surface area contributed by atoms with Gasteiger partial charge in [-0.15, -0.1) is 5.92 Å². The lowest BCUT2D eigenvalue weighted by Crippen LogP contribution is -2.47. The minimum absolute atomic E-state index is 0.0161. The summed E-state index contributed by atoms with van der Waals surface area (Å²) in [6, 6.07) is 22.1. The predicted molar refractivity (Wildman–Crippen MR) is 148 cm³/mol. The van der Waals surface area contributed by atoms with Gasteiger partial charge in [-0.3, -0.25) is 15.1 Å². The summed E-state index contributed by atoms with van der Waals surface area (Å²) in [5.41, 5.74) is 1.93. The molecular formula is C31H24N4O4. The number of hydrogen-bond acceptors (Lipinski definition) is 5. The normalized spacial score (nSPS) is 16.5. The maximum Gasteiger partial charge on any atom is 0.322 e. The summed E-state index contributed by atoms with van der Waals surface area (Å²) in [5.74, 6) is 5.65. The molecule has 1 aliphatic rings. The van der Waals surface area contributed by atoms with Gasteiger partial charge < -0.3 is 19.7 Å². The Bertz CT molecular complexity index is 1810. The van der Waals surface area contributed by atoms with Gasteiger partial charge in [-0.05, 0) is 42.3 Å². The van der Waals surface area contributed by atoms with Crippen LogP contribution in [0.15, 0.2) is 85.2 Å². The fourth-order valence-corrected chi connectivity index (χ4v) is 5.05. The molecule has 3 heterocycles. The van der Waals surface area contributed by atoms with Crippen LogP contribution in [0.1, 0.15) is 12.5 Å². The van der Waals surface area contributed by atoms with E-state index in [1.54, 1.807) is 36.0 Å². The van der Waals surface area contributed by atoms with Crippen molar-refractivity contribution >= 4 is 33.6 Å². The van der Waals surface area contributed by atoms with Crippen molar-refractivity contribution in [2.24, 2.45) is 0 Å². The second kappa shape index (κ2) is 9.54. The third kappa shape index (κ3) is 4.20. The van der Waals surface area contributed by atoms with E-state index in [2.05, 4.69) is 27.5 Å². The largest absolute Gasteiger partial charge is 0.494 e. The third-order valence-electron chi connectivity index (χ3n) is 6.99. The average Bonchev–Trinajstić information content (AvgIpc) is 3.42. The van der Waals surface area contributed by atoms with Crippen LogP contribution in [-0.2, 0) is 16.9 Å². The van der Waals surface area contributed by atoms with Gasteiger partial charge >= 0.3 is 6.03 Å². The fourth-order valence-electron chi connectivity index (χ4n) is 5.05. The van der Waals surface area contributed by atoms with Gasteiger partial charge in [0.1, 0.15) is 12.4 Å². The van der Waals surface area contributed by atoms with Crippen LogP contribution in [0.4, 0.5) is 4.79 Å². The molecule has 8 heteroatoms. The number of hydrogen-bond donors (Lipinski definition) is 3. The van der Waals surface area contributed by atoms with E-state index >= 15 is 0 Å². The van der Waals surface area contributed by atoms with Gasteiger partial charge in [0.05, 0.1) is 12.1 Å². The molecule has 5 aromatic rings. The van der Waals surface area contributed by atoms with Gasteiger partial charge in [-0.25, -0.2) is 4.79 Å². The third-order valence-corrected chi connectivity index (χ3v) is 6.99. The summed E-state index contributed by atoms with van der Waals surface area (Å²) in [6.45, 7) is 1.96. The number of aromatic hydroxyl groups is 1. The second-order valence-electron chi connectivity index (χ2n) is 9.32. The number of carbonyl (C=O) groups is 2. The Kier molecular flexibility index (Phi) is 5.89. The SMILES string of the molecule is CC#CCOc1ccc2cn(C[C@@]3(c4ccc(-c5cccc6cccnc56)cc4)NC(=O)NC3=O)c(O)c2c1. The Balaban J connectivity index is 1.37. The highest BCUT2D eigenvalue weighted by molar-refractivity contribution is 6.07. The molecule has 0 bridgehead atoms. The number of imide groups is 1. The first-order valence-corrected chi connectivity index (χ1v) is 12.4. The molecule has 8 nitrogen and oxygen atoms in total. The standard InChI is InChI=1S/C31H24N4O4/c1-2-3-16-39-24-14-11-22-18-35(28(36)26(22)17-24)19-31(29(37)33-30(38)34-31)23-12-9-20(10-13-23)25-8-4-6-21-7-5-15-32-27(21)25/h4-15,17-18,36H,16,19H2,1H3,(H2,33,34,37,38)/t31-/m0/s1. The van der Waals surface area contributed by atoms with Crippen LogP contribution in [0.3, 0.4) is 0 Å². The fraction of sp³-hybridized carbons (Fsp3) is 0.129. The highest BCUT2D eigenvalue weighted by Crippen LogP contribution is 2.36. The van der Waals surface area contributed by atoms with Crippen LogP contribution >= 0.6 is 0 Å². The number of pyridine rings is 1. The van der Waals surface area contributed by atoms with E-state index in [1.807, 2.05) is 60.7 Å². The van der Waals surface area contributed by atoms with Crippen molar-refractivity contribution in [2.45, 2.75) is 19.0 Å². The molecule has 3 N–H and O–H groups in total. The molecule has 0 radical (unpaired) electrons. The molecule has 6 rings (SSSR count). The Hall–Kier alpha value is -5.29. The van der Waals surface area contributed by atoms with Crippen molar-refractivity contribution in [3.63, 3.8) is 0 Å². The summed E-state index contributed by atoms with van der Waals surface area (Å²) in [4.78, 5) is 30.1. The summed E-state index contributed by atoms with van der Waals surface area (Å²) >= 11 is 0. The van der Waals surface area contributed by atoms with Crippen LogP contribution in [0.25, 0.3) is 32.8 Å². The molecule has 0 spiro atoms. The Labute approximate surface area is 224 Å². The van der Waals surface area contributed by atoms with Gasteiger partial charge in [0.15, 0.2) is 11.4 Å². The molecule has 192 valence electrons. The quantitative estimate of drug-likeness (QED) is 0.224. The zero-order valence-corrected chi connectivity index (χ0v) is 21.1. The lowest BCUT2D eigenvalue weighted by atomic mass is 9.88. The topological polar surface area (TPSA) is 105 Å². The summed E-state index contributed by atoms with van der Waals surface area (Å²) in [7, 11) is 0. The van der Waals surface area contributed by atoms with Gasteiger partial charge in [0, 0.05) is 34.1 Å². The number of amides is 3. The molecule has 1 aliphatic heterocycles. The maximum absolute atomic E-state index is 13.2. The van der Waals surface area contributed by atoms with Crippen LogP contribution in [0, 0.1) is 11.8 Å². The van der Waals surface area contributed by atoms with Crippen molar-refractivity contribution in [1.82, 2.24) is 20.2 Å². The molecule has 3 amide bonds. The maximum atomic E-state index is 13.2. The number of fused-ring (bicyclic) bond motifs is 2. The van der Waals surface area contributed by atoms with Crippen molar-refractivity contribution in [3.8, 4) is 34.6 Å². The zero-order chi connectivity index (χ0) is 27.0. The number of para-hydroxylation sites is 1. The molecule has 0 unspecified atom stereocenters. The summed E-state index contributed by atoms with van der Waals surface area (Å²) in [5, 5.41) is 18.6. The predicted octanol–water partition coefficient (Wildman–Crippen LogP) is 4.70. The first-order chi connectivity index (χ1) is 19.0. The molecule has 0 aliphatic carbocycles. The Morgan fingerprint density at radius 2 is 1.85 bits per heavy atom. The van der Waals surface area contributed by atoms with E-state index in [1.165, 1.54) is 0 Å². The first-order valence-electron chi connectivity index (χ1n) is 12.4. The molecule has 1 saturated heterocycles. The Morgan fingerprint density at radius 3 is 2.62 bits per heavy atom. The first kappa shape index (κ1) is 24.1. The number of urea groups is 1. The molecule has 39 heavy (non-hydrogen) atoms. The molecule has 0 saturated carbocycles. The van der Waals surface area contributed by atoms with E-state index < -0.39 is 17.5 Å². The van der Waals surface area contributed by atoms with E-state index in [9.17, 15) is 14.7 Å². The van der Waals surface area contributed by atoms with Gasteiger partial charge in [0.2, 0.25) is 0 Å². The van der Waals surface area contributed by atoms with E-state index in [0.29, 0.717) is 16.7 Å². The van der Waals surface area contributed by atoms with Gasteiger partial charge in [-0.1, -0.05) is 54.5 Å². The number of rotatable bonds is 6. The lowest BCUT2D eigenvalue weighted by Gasteiger charge is -2.27. The minimum Gasteiger partial charge on any atom is -0.494 e. The highest BCUT2D eigenvalue weighted by Gasteiger charge is 2.48. The number of nitrogens with zero attached hydrogens (tertiary/aromatic N) is 2. The summed E-state index contributed by atoms with van der Waals surface area (Å²) < 4.78 is 7.19. The van der Waals surface area contributed by atoms with Crippen molar-refractivity contribution in [2.75, 3.05) is 6.61 Å². The van der Waals surface area contributed by atoms with Crippen molar-refractivity contribution in [1.29, 1.82) is 0 Å². The van der Waals surface area contributed by atoms with Crippen molar-refractivity contribution in [3.05, 3.63) is 90.8 Å². The van der Waals surface area contributed by atoms with E-state index in [-0.39, 0.29) is 19.0 Å². The molecule has 2 aromatic heterocycles. The monoisotopic (exact) mass is 516 g/mol. The number of nitrogens with one attached hydrogen (secondary N) is 2. The second-order valence-corrected chi connectivity index (χ2v) is 9.32. The number of carbonyl (C=O) groups excluding carboxylic acids is 2. The number of ether oxygens (including phenoxy) is 1. The van der Waals surface area contributed by atoms with Crippen LogP contribution < -0.4 is 15.4 Å². The summed E-state index contributed by atoms with van der Waals surface area (Å²) in [6.07, 6.45) is 3.51. The number of aromatic nitrogens is 2. The van der Waals surface area contributed by atoms with Crippen LogP contribution in [0.2, 0.25) is 0 Å². The van der Waals surface area contributed by atoms with E-state index in [0.717, 1.165) is 27.4 Å². The van der Waals surface area contributed by atoms with Crippen molar-refractivity contribution < 1.29 is 19.4 Å².